The molecule has 0 aliphatic rings. The molecular formula is C13H22ClN3O2. The van der Waals surface area contributed by atoms with Gasteiger partial charge in [-0.05, 0) is 19.8 Å². The Bertz CT molecular complexity index is 471. The Labute approximate surface area is 118 Å². The molecule has 1 atom stereocenters. The van der Waals surface area contributed by atoms with Crippen molar-refractivity contribution in [1.29, 1.82) is 0 Å². The highest BCUT2D eigenvalue weighted by Gasteiger charge is 2.18. The second-order valence-electron chi connectivity index (χ2n) is 4.96. The molecule has 5 nitrogen and oxygen atoms in total. The van der Waals surface area contributed by atoms with Gasteiger partial charge < -0.3 is 10.4 Å². The summed E-state index contributed by atoms with van der Waals surface area (Å²) in [6.07, 6.45) is 4.02. The number of aryl methyl sites for hydroxylation is 1. The van der Waals surface area contributed by atoms with Crippen LogP contribution in [0.15, 0.2) is 11.0 Å². The molecule has 0 aliphatic carbocycles. The molecular weight excluding hydrogens is 266 g/mol. The molecule has 0 fully saturated rings. The number of rotatable bonds is 7. The van der Waals surface area contributed by atoms with E-state index in [0.717, 1.165) is 12.8 Å². The van der Waals surface area contributed by atoms with Crippen LogP contribution in [0, 0.1) is 0 Å². The van der Waals surface area contributed by atoms with Crippen LogP contribution in [0.4, 0.5) is 5.69 Å². The van der Waals surface area contributed by atoms with Crippen molar-refractivity contribution < 1.29 is 5.11 Å². The smallest absolute Gasteiger partial charge is 0.287 e. The molecule has 2 N–H and O–H groups in total. The Balaban J connectivity index is 2.82. The molecule has 6 heteroatoms. The van der Waals surface area contributed by atoms with Crippen molar-refractivity contribution >= 4 is 17.3 Å². The van der Waals surface area contributed by atoms with Gasteiger partial charge in [0.1, 0.15) is 5.02 Å². The predicted molar refractivity (Wildman–Crippen MR) is 77.8 cm³/mol. The van der Waals surface area contributed by atoms with Crippen LogP contribution >= 0.6 is 11.6 Å². The predicted octanol–water partition coefficient (Wildman–Crippen LogP) is 2.27. The monoisotopic (exact) mass is 287 g/mol. The van der Waals surface area contributed by atoms with E-state index in [0.29, 0.717) is 25.2 Å². The van der Waals surface area contributed by atoms with E-state index in [1.54, 1.807) is 6.92 Å². The van der Waals surface area contributed by atoms with Crippen LogP contribution < -0.4 is 10.9 Å². The SMILES string of the molecule is CCCCn1ncc(NCC(C)(O)CC)c(Cl)c1=O. The normalized spacial score (nSPS) is 14.2. The van der Waals surface area contributed by atoms with Gasteiger partial charge in [0, 0.05) is 13.1 Å². The molecule has 19 heavy (non-hydrogen) atoms. The molecule has 0 amide bonds. The summed E-state index contributed by atoms with van der Waals surface area (Å²) >= 11 is 6.03. The van der Waals surface area contributed by atoms with E-state index in [9.17, 15) is 9.90 Å². The van der Waals surface area contributed by atoms with Gasteiger partial charge in [-0.2, -0.15) is 5.10 Å². The van der Waals surface area contributed by atoms with E-state index in [2.05, 4.69) is 17.3 Å². The summed E-state index contributed by atoms with van der Waals surface area (Å²) in [5.41, 5.74) is -0.662. The van der Waals surface area contributed by atoms with Gasteiger partial charge in [0.15, 0.2) is 0 Å². The fourth-order valence-corrected chi connectivity index (χ4v) is 1.68. The van der Waals surface area contributed by atoms with Crippen molar-refractivity contribution in [3.63, 3.8) is 0 Å². The Morgan fingerprint density at radius 3 is 2.79 bits per heavy atom. The number of nitrogens with one attached hydrogen (secondary N) is 1. The first-order valence-electron chi connectivity index (χ1n) is 6.63. The summed E-state index contributed by atoms with van der Waals surface area (Å²) in [7, 11) is 0. The number of hydrogen-bond donors (Lipinski definition) is 2. The molecule has 108 valence electrons. The summed E-state index contributed by atoms with van der Waals surface area (Å²) in [5, 5.41) is 17.1. The van der Waals surface area contributed by atoms with Gasteiger partial charge >= 0.3 is 0 Å². The molecule has 0 aliphatic heterocycles. The fourth-order valence-electron chi connectivity index (χ4n) is 1.47. The molecule has 1 unspecified atom stereocenters. The molecule has 0 saturated heterocycles. The second kappa shape index (κ2) is 6.91. The zero-order valence-corrected chi connectivity index (χ0v) is 12.5. The molecule has 0 bridgehead atoms. The van der Waals surface area contributed by atoms with Gasteiger partial charge in [-0.3, -0.25) is 4.79 Å². The van der Waals surface area contributed by atoms with Gasteiger partial charge in [0.25, 0.3) is 5.56 Å². The number of aliphatic hydroxyl groups is 1. The van der Waals surface area contributed by atoms with Crippen molar-refractivity contribution in [1.82, 2.24) is 9.78 Å². The van der Waals surface area contributed by atoms with Crippen LogP contribution in [-0.2, 0) is 6.54 Å². The van der Waals surface area contributed by atoms with Gasteiger partial charge in [0.05, 0.1) is 17.5 Å². The Hall–Kier alpha value is -1.07. The first-order valence-corrected chi connectivity index (χ1v) is 7.01. The minimum atomic E-state index is -0.833. The average molecular weight is 288 g/mol. The molecule has 0 radical (unpaired) electrons. The maximum absolute atomic E-state index is 12.0. The Morgan fingerprint density at radius 2 is 2.21 bits per heavy atom. The first kappa shape index (κ1) is 16.0. The number of nitrogens with zero attached hydrogens (tertiary/aromatic N) is 2. The lowest BCUT2D eigenvalue weighted by Crippen LogP contribution is -2.33. The van der Waals surface area contributed by atoms with Crippen molar-refractivity contribution in [2.45, 2.75) is 52.2 Å². The van der Waals surface area contributed by atoms with Crippen LogP contribution in [0.5, 0.6) is 0 Å². The van der Waals surface area contributed by atoms with Crippen LogP contribution in [0.3, 0.4) is 0 Å². The maximum Gasteiger partial charge on any atom is 0.287 e. The van der Waals surface area contributed by atoms with E-state index < -0.39 is 5.60 Å². The largest absolute Gasteiger partial charge is 0.388 e. The topological polar surface area (TPSA) is 67.2 Å². The number of unbranched alkanes of at least 4 members (excludes halogenated alkanes) is 1. The third-order valence-electron chi connectivity index (χ3n) is 3.13. The second-order valence-corrected chi connectivity index (χ2v) is 5.34. The zero-order chi connectivity index (χ0) is 14.5. The zero-order valence-electron chi connectivity index (χ0n) is 11.7. The van der Waals surface area contributed by atoms with E-state index in [4.69, 9.17) is 11.6 Å². The lowest BCUT2D eigenvalue weighted by Gasteiger charge is -2.22. The molecule has 1 aromatic rings. The highest BCUT2D eigenvalue weighted by molar-refractivity contribution is 6.32. The van der Waals surface area contributed by atoms with Crippen molar-refractivity contribution in [2.75, 3.05) is 11.9 Å². The first-order chi connectivity index (χ1) is 8.91. The van der Waals surface area contributed by atoms with E-state index in [1.165, 1.54) is 10.9 Å². The van der Waals surface area contributed by atoms with Crippen molar-refractivity contribution in [2.24, 2.45) is 0 Å². The van der Waals surface area contributed by atoms with Crippen molar-refractivity contribution in [3.05, 3.63) is 21.6 Å². The third-order valence-corrected chi connectivity index (χ3v) is 3.49. The van der Waals surface area contributed by atoms with Gasteiger partial charge in [-0.25, -0.2) is 4.68 Å². The standard InChI is InChI=1S/C13H22ClN3O2/c1-4-6-7-17-12(18)11(14)10(8-16-17)15-9-13(3,19)5-2/h8,15,19H,4-7,9H2,1-3H3. The van der Waals surface area contributed by atoms with Crippen molar-refractivity contribution in [3.8, 4) is 0 Å². The summed E-state index contributed by atoms with van der Waals surface area (Å²) in [4.78, 5) is 12.0. The van der Waals surface area contributed by atoms with Crippen LogP contribution in [0.1, 0.15) is 40.0 Å². The summed E-state index contributed by atoms with van der Waals surface area (Å²) in [6.45, 7) is 6.56. The molecule has 1 heterocycles. The van der Waals surface area contributed by atoms with Gasteiger partial charge in [0.2, 0.25) is 0 Å². The summed E-state index contributed by atoms with van der Waals surface area (Å²) in [6, 6.07) is 0. The summed E-state index contributed by atoms with van der Waals surface area (Å²) < 4.78 is 1.37. The van der Waals surface area contributed by atoms with E-state index in [1.807, 2.05) is 6.92 Å². The quantitative estimate of drug-likeness (QED) is 0.807. The molecule has 0 spiro atoms. The lowest BCUT2D eigenvalue weighted by atomic mass is 10.0. The molecule has 0 aromatic carbocycles. The van der Waals surface area contributed by atoms with Gasteiger partial charge in [-0.15, -0.1) is 0 Å². The van der Waals surface area contributed by atoms with E-state index >= 15 is 0 Å². The van der Waals surface area contributed by atoms with Crippen LogP contribution in [0.25, 0.3) is 0 Å². The Morgan fingerprint density at radius 1 is 1.53 bits per heavy atom. The number of anilines is 1. The Kier molecular flexibility index (Phi) is 5.82. The van der Waals surface area contributed by atoms with Gasteiger partial charge in [-0.1, -0.05) is 31.9 Å². The lowest BCUT2D eigenvalue weighted by molar-refractivity contribution is 0.0697. The van der Waals surface area contributed by atoms with Crippen LogP contribution in [0.2, 0.25) is 5.02 Å². The summed E-state index contributed by atoms with van der Waals surface area (Å²) in [5.74, 6) is 0. The highest BCUT2D eigenvalue weighted by atomic mass is 35.5. The minimum Gasteiger partial charge on any atom is -0.388 e. The number of hydrogen-bond acceptors (Lipinski definition) is 4. The minimum absolute atomic E-state index is 0.123. The molecule has 1 rings (SSSR count). The molecule has 0 saturated carbocycles. The average Bonchev–Trinajstić information content (AvgIpc) is 2.39. The maximum atomic E-state index is 12.0. The number of halogens is 1. The highest BCUT2D eigenvalue weighted by Crippen LogP contribution is 2.17. The van der Waals surface area contributed by atoms with E-state index in [-0.39, 0.29) is 10.6 Å². The fraction of sp³-hybridized carbons (Fsp3) is 0.692. The molecule has 1 aromatic heterocycles. The third kappa shape index (κ3) is 4.51. The van der Waals surface area contributed by atoms with Crippen LogP contribution in [-0.4, -0.2) is 27.0 Å². The number of aromatic nitrogens is 2.